The summed E-state index contributed by atoms with van der Waals surface area (Å²) in [4.78, 5) is 14.7. The van der Waals surface area contributed by atoms with E-state index >= 15 is 0 Å². The summed E-state index contributed by atoms with van der Waals surface area (Å²) in [5, 5.41) is 3.14. The van der Waals surface area contributed by atoms with Gasteiger partial charge in [-0.2, -0.15) is 0 Å². The molecule has 1 aliphatic heterocycles. The molecule has 3 N–H and O–H groups in total. The molecule has 0 saturated heterocycles. The molecule has 124 valence electrons. The average molecular weight is 326 g/mol. The van der Waals surface area contributed by atoms with Gasteiger partial charge in [0.15, 0.2) is 0 Å². The molecule has 4 nitrogen and oxygen atoms in total. The Morgan fingerprint density at radius 1 is 1.45 bits per heavy atom. The molecule has 5 heteroatoms. The van der Waals surface area contributed by atoms with Gasteiger partial charge < -0.3 is 16.0 Å². The summed E-state index contributed by atoms with van der Waals surface area (Å²) in [6, 6.07) is 5.79. The molecule has 1 unspecified atom stereocenters. The highest BCUT2D eigenvalue weighted by atomic mass is 35.5. The highest BCUT2D eigenvalue weighted by molar-refractivity contribution is 5.86. The van der Waals surface area contributed by atoms with Gasteiger partial charge in [-0.3, -0.25) is 4.79 Å². The summed E-state index contributed by atoms with van der Waals surface area (Å²) in [6.07, 6.45) is 2.94. The molecule has 1 atom stereocenters. The van der Waals surface area contributed by atoms with E-state index in [9.17, 15) is 4.79 Å². The van der Waals surface area contributed by atoms with E-state index in [0.717, 1.165) is 37.2 Å². The van der Waals surface area contributed by atoms with Crippen LogP contribution >= 0.6 is 12.4 Å². The SMILES string of the molecule is CCC(C)(C)NC(=O)C(C)N1CCCc2c(N)cccc21.Cl. The van der Waals surface area contributed by atoms with Gasteiger partial charge in [0.1, 0.15) is 6.04 Å². The molecule has 2 rings (SSSR count). The highest BCUT2D eigenvalue weighted by Crippen LogP contribution is 2.32. The number of hydrogen-bond acceptors (Lipinski definition) is 3. The zero-order valence-corrected chi connectivity index (χ0v) is 14.8. The maximum Gasteiger partial charge on any atom is 0.242 e. The fraction of sp³-hybridized carbons (Fsp3) is 0.588. The van der Waals surface area contributed by atoms with E-state index in [0.29, 0.717) is 0 Å². The third-order valence-electron chi connectivity index (χ3n) is 4.52. The summed E-state index contributed by atoms with van der Waals surface area (Å²) in [5.41, 5.74) is 9.03. The lowest BCUT2D eigenvalue weighted by Crippen LogP contribution is -2.53. The zero-order valence-electron chi connectivity index (χ0n) is 14.0. The molecular weight excluding hydrogens is 298 g/mol. The fourth-order valence-corrected chi connectivity index (χ4v) is 2.75. The quantitative estimate of drug-likeness (QED) is 0.836. The molecule has 0 bridgehead atoms. The van der Waals surface area contributed by atoms with Crippen molar-refractivity contribution in [3.8, 4) is 0 Å². The first kappa shape index (κ1) is 18.6. The van der Waals surface area contributed by atoms with Crippen molar-refractivity contribution in [2.45, 2.75) is 58.5 Å². The maximum atomic E-state index is 12.5. The van der Waals surface area contributed by atoms with Crippen LogP contribution in [0.3, 0.4) is 0 Å². The minimum absolute atomic E-state index is 0. The normalized spacial score (nSPS) is 15.5. The summed E-state index contributed by atoms with van der Waals surface area (Å²) in [5.74, 6) is 0.0807. The Morgan fingerprint density at radius 3 is 2.77 bits per heavy atom. The van der Waals surface area contributed by atoms with Crippen molar-refractivity contribution >= 4 is 29.7 Å². The van der Waals surface area contributed by atoms with Crippen molar-refractivity contribution in [3.05, 3.63) is 23.8 Å². The Balaban J connectivity index is 0.00000242. The molecule has 0 radical (unpaired) electrons. The Morgan fingerprint density at radius 2 is 2.14 bits per heavy atom. The van der Waals surface area contributed by atoms with Crippen LogP contribution < -0.4 is 16.0 Å². The van der Waals surface area contributed by atoms with Crippen LogP contribution in [-0.4, -0.2) is 24.0 Å². The predicted molar refractivity (Wildman–Crippen MR) is 95.7 cm³/mol. The van der Waals surface area contributed by atoms with Crippen LogP contribution in [0.4, 0.5) is 11.4 Å². The molecule has 0 aliphatic carbocycles. The van der Waals surface area contributed by atoms with Crippen molar-refractivity contribution in [1.82, 2.24) is 5.32 Å². The molecule has 1 amide bonds. The number of hydrogen-bond donors (Lipinski definition) is 2. The van der Waals surface area contributed by atoms with Gasteiger partial charge in [0.05, 0.1) is 0 Å². The smallest absolute Gasteiger partial charge is 0.242 e. The third kappa shape index (κ3) is 3.86. The van der Waals surface area contributed by atoms with Crippen molar-refractivity contribution < 1.29 is 4.79 Å². The average Bonchev–Trinajstić information content (AvgIpc) is 2.46. The van der Waals surface area contributed by atoms with E-state index in [2.05, 4.69) is 37.1 Å². The molecule has 1 aromatic carbocycles. The number of fused-ring (bicyclic) bond motifs is 1. The lowest BCUT2D eigenvalue weighted by Gasteiger charge is -2.37. The monoisotopic (exact) mass is 325 g/mol. The maximum absolute atomic E-state index is 12.5. The lowest BCUT2D eigenvalue weighted by molar-refractivity contribution is -0.123. The second-order valence-corrected chi connectivity index (χ2v) is 6.54. The number of halogens is 1. The Hall–Kier alpha value is -1.42. The van der Waals surface area contributed by atoms with Crippen LogP contribution in [0.5, 0.6) is 0 Å². The summed E-state index contributed by atoms with van der Waals surface area (Å²) in [7, 11) is 0. The van der Waals surface area contributed by atoms with Crippen LogP contribution in [0, 0.1) is 0 Å². The number of amides is 1. The van der Waals surface area contributed by atoms with Crippen LogP contribution in [0.1, 0.15) is 46.1 Å². The number of nitrogens with one attached hydrogen (secondary N) is 1. The molecular formula is C17H28ClN3O. The predicted octanol–water partition coefficient (Wildman–Crippen LogP) is 3.14. The van der Waals surface area contributed by atoms with Crippen LogP contribution in [0.15, 0.2) is 18.2 Å². The van der Waals surface area contributed by atoms with Gasteiger partial charge >= 0.3 is 0 Å². The van der Waals surface area contributed by atoms with E-state index in [-0.39, 0.29) is 29.9 Å². The molecule has 0 fully saturated rings. The summed E-state index contributed by atoms with van der Waals surface area (Å²) < 4.78 is 0. The molecule has 1 aromatic rings. The van der Waals surface area contributed by atoms with Gasteiger partial charge in [0.25, 0.3) is 0 Å². The van der Waals surface area contributed by atoms with Gasteiger partial charge in [-0.1, -0.05) is 13.0 Å². The second-order valence-electron chi connectivity index (χ2n) is 6.54. The number of carbonyl (C=O) groups excluding carboxylic acids is 1. The Labute approximate surface area is 139 Å². The van der Waals surface area contributed by atoms with E-state index in [1.807, 2.05) is 19.1 Å². The van der Waals surface area contributed by atoms with E-state index in [4.69, 9.17) is 5.73 Å². The number of nitrogens with zero attached hydrogens (tertiary/aromatic N) is 1. The van der Waals surface area contributed by atoms with Gasteiger partial charge in [0.2, 0.25) is 5.91 Å². The molecule has 1 aliphatic rings. The first-order chi connectivity index (χ1) is 9.85. The molecule has 22 heavy (non-hydrogen) atoms. The fourth-order valence-electron chi connectivity index (χ4n) is 2.75. The van der Waals surface area contributed by atoms with E-state index < -0.39 is 0 Å². The topological polar surface area (TPSA) is 58.4 Å². The highest BCUT2D eigenvalue weighted by Gasteiger charge is 2.29. The van der Waals surface area contributed by atoms with Crippen LogP contribution in [-0.2, 0) is 11.2 Å². The molecule has 0 aromatic heterocycles. The number of anilines is 2. The number of carbonyl (C=O) groups is 1. The minimum Gasteiger partial charge on any atom is -0.398 e. The van der Waals surface area contributed by atoms with Crippen molar-refractivity contribution in [2.24, 2.45) is 0 Å². The van der Waals surface area contributed by atoms with Crippen molar-refractivity contribution in [1.29, 1.82) is 0 Å². The second kappa shape index (κ2) is 7.23. The number of nitrogen functional groups attached to an aromatic ring is 1. The summed E-state index contributed by atoms with van der Waals surface area (Å²) in [6.45, 7) is 9.07. The number of nitrogens with two attached hydrogens (primary N) is 1. The van der Waals surface area contributed by atoms with Gasteiger partial charge in [0, 0.05) is 23.5 Å². The first-order valence-electron chi connectivity index (χ1n) is 7.82. The molecule has 1 heterocycles. The van der Waals surface area contributed by atoms with Gasteiger partial charge in [-0.05, 0) is 57.7 Å². The third-order valence-corrected chi connectivity index (χ3v) is 4.52. The van der Waals surface area contributed by atoms with E-state index in [1.165, 1.54) is 5.56 Å². The largest absolute Gasteiger partial charge is 0.398 e. The van der Waals surface area contributed by atoms with E-state index in [1.54, 1.807) is 0 Å². The zero-order chi connectivity index (χ0) is 15.6. The molecule has 0 spiro atoms. The first-order valence-corrected chi connectivity index (χ1v) is 7.82. The number of benzene rings is 1. The standard InChI is InChI=1S/C17H27N3O.ClH/c1-5-17(3,4)19-16(21)12(2)20-11-7-8-13-14(18)9-6-10-15(13)20;/h6,9-10,12H,5,7-8,11,18H2,1-4H3,(H,19,21);1H. The molecule has 0 saturated carbocycles. The van der Waals surface area contributed by atoms with Crippen molar-refractivity contribution in [2.75, 3.05) is 17.2 Å². The minimum atomic E-state index is -0.184. The van der Waals surface area contributed by atoms with Gasteiger partial charge in [-0.15, -0.1) is 12.4 Å². The van der Waals surface area contributed by atoms with Crippen LogP contribution in [0.25, 0.3) is 0 Å². The van der Waals surface area contributed by atoms with Crippen molar-refractivity contribution in [3.63, 3.8) is 0 Å². The Bertz CT molecular complexity index is 531. The number of rotatable bonds is 4. The lowest BCUT2D eigenvalue weighted by atomic mass is 9.97. The van der Waals surface area contributed by atoms with Gasteiger partial charge in [-0.25, -0.2) is 0 Å². The Kier molecular flexibility index (Phi) is 6.12. The van der Waals surface area contributed by atoms with Crippen LogP contribution in [0.2, 0.25) is 0 Å². The summed E-state index contributed by atoms with van der Waals surface area (Å²) >= 11 is 0.